The third kappa shape index (κ3) is 3.06. The zero-order chi connectivity index (χ0) is 12.3. The van der Waals surface area contributed by atoms with E-state index in [9.17, 15) is 4.79 Å². The van der Waals surface area contributed by atoms with Crippen LogP contribution in [-0.4, -0.2) is 24.2 Å². The number of hydrogen-bond acceptors (Lipinski definition) is 4. The molecule has 17 heavy (non-hydrogen) atoms. The number of piperidine rings is 1. The van der Waals surface area contributed by atoms with Crippen LogP contribution in [0.1, 0.15) is 30.5 Å². The largest absolute Gasteiger partial charge is 0.338 e. The summed E-state index contributed by atoms with van der Waals surface area (Å²) in [5.74, 6) is 0.933. The molecule has 1 aliphatic heterocycles. The summed E-state index contributed by atoms with van der Waals surface area (Å²) in [6, 6.07) is 0. The number of carbonyl (C=O) groups is 1. The van der Waals surface area contributed by atoms with E-state index < -0.39 is 0 Å². The molecular formula is C12H19N3O2. The van der Waals surface area contributed by atoms with Crippen LogP contribution in [0.2, 0.25) is 0 Å². The van der Waals surface area contributed by atoms with Crippen molar-refractivity contribution in [2.45, 2.75) is 33.1 Å². The highest BCUT2D eigenvalue weighted by Gasteiger charge is 2.18. The van der Waals surface area contributed by atoms with Crippen LogP contribution in [0.25, 0.3) is 0 Å². The van der Waals surface area contributed by atoms with Gasteiger partial charge in [-0.1, -0.05) is 5.16 Å². The molecule has 1 fully saturated rings. The van der Waals surface area contributed by atoms with Gasteiger partial charge in [0, 0.05) is 12.0 Å². The van der Waals surface area contributed by atoms with E-state index in [1.165, 1.54) is 0 Å². The molecule has 94 valence electrons. The highest BCUT2D eigenvalue weighted by molar-refractivity contribution is 5.90. The van der Waals surface area contributed by atoms with Gasteiger partial charge in [0.25, 0.3) is 0 Å². The molecule has 2 rings (SSSR count). The maximum atomic E-state index is 11.8. The van der Waals surface area contributed by atoms with Gasteiger partial charge in [0.05, 0.1) is 5.69 Å². The number of rotatable bonds is 3. The van der Waals surface area contributed by atoms with Gasteiger partial charge < -0.3 is 9.84 Å². The minimum Gasteiger partial charge on any atom is -0.338 e. The van der Waals surface area contributed by atoms with Crippen LogP contribution in [0.5, 0.6) is 0 Å². The second-order valence-electron chi connectivity index (χ2n) is 4.69. The fraction of sp³-hybridized carbons (Fsp3) is 0.667. The van der Waals surface area contributed by atoms with Crippen LogP contribution in [0.3, 0.4) is 0 Å². The highest BCUT2D eigenvalue weighted by atomic mass is 16.5. The average molecular weight is 237 g/mol. The van der Waals surface area contributed by atoms with Crippen LogP contribution < -0.4 is 10.6 Å². The summed E-state index contributed by atoms with van der Waals surface area (Å²) in [7, 11) is 0. The molecule has 2 heterocycles. The Morgan fingerprint density at radius 2 is 2.41 bits per heavy atom. The molecule has 0 saturated carbocycles. The first-order valence-electron chi connectivity index (χ1n) is 6.10. The number of nitrogens with zero attached hydrogens (tertiary/aromatic N) is 1. The Kier molecular flexibility index (Phi) is 3.78. The Morgan fingerprint density at radius 1 is 1.59 bits per heavy atom. The number of aromatic nitrogens is 1. The minimum atomic E-state index is 0.0120. The molecule has 5 heteroatoms. The predicted octanol–water partition coefficient (Wildman–Crippen LogP) is 1.62. The van der Waals surface area contributed by atoms with E-state index >= 15 is 0 Å². The molecule has 1 saturated heterocycles. The zero-order valence-electron chi connectivity index (χ0n) is 10.4. The monoisotopic (exact) mass is 237 g/mol. The molecule has 1 amide bonds. The van der Waals surface area contributed by atoms with Crippen molar-refractivity contribution in [2.75, 3.05) is 18.4 Å². The smallest absolute Gasteiger partial charge is 0.234 e. The molecule has 0 aliphatic carbocycles. The van der Waals surface area contributed by atoms with Gasteiger partial charge in [0.2, 0.25) is 11.8 Å². The van der Waals surface area contributed by atoms with Gasteiger partial charge in [0.15, 0.2) is 0 Å². The van der Waals surface area contributed by atoms with Crippen LogP contribution in [0.15, 0.2) is 4.52 Å². The van der Waals surface area contributed by atoms with Crippen molar-refractivity contribution in [1.29, 1.82) is 0 Å². The SMILES string of the molecule is Cc1noc(NC(=O)CC2CCCNC2)c1C. The summed E-state index contributed by atoms with van der Waals surface area (Å²) in [4.78, 5) is 11.8. The van der Waals surface area contributed by atoms with Crippen molar-refractivity contribution in [2.24, 2.45) is 5.92 Å². The molecule has 0 spiro atoms. The Labute approximate surface area is 101 Å². The lowest BCUT2D eigenvalue weighted by Gasteiger charge is -2.21. The number of carbonyl (C=O) groups excluding carboxylic acids is 1. The van der Waals surface area contributed by atoms with Crippen molar-refractivity contribution < 1.29 is 9.32 Å². The number of anilines is 1. The summed E-state index contributed by atoms with van der Waals surface area (Å²) in [6.07, 6.45) is 2.82. The second kappa shape index (κ2) is 5.31. The first-order chi connectivity index (χ1) is 8.16. The molecule has 2 N–H and O–H groups in total. The van der Waals surface area contributed by atoms with Gasteiger partial charge in [-0.2, -0.15) is 0 Å². The van der Waals surface area contributed by atoms with Gasteiger partial charge in [-0.15, -0.1) is 0 Å². The Bertz CT molecular complexity index is 394. The predicted molar refractivity (Wildman–Crippen MR) is 64.8 cm³/mol. The lowest BCUT2D eigenvalue weighted by molar-refractivity contribution is -0.117. The summed E-state index contributed by atoms with van der Waals surface area (Å²) in [5.41, 5.74) is 1.72. The number of hydrogen-bond donors (Lipinski definition) is 2. The van der Waals surface area contributed by atoms with Gasteiger partial charge >= 0.3 is 0 Å². The molecule has 1 atom stereocenters. The van der Waals surface area contributed by atoms with Gasteiger partial charge in [-0.25, -0.2) is 0 Å². The molecule has 1 aromatic heterocycles. The Hall–Kier alpha value is -1.36. The number of nitrogens with one attached hydrogen (secondary N) is 2. The van der Waals surface area contributed by atoms with Crippen LogP contribution in [-0.2, 0) is 4.79 Å². The van der Waals surface area contributed by atoms with Gasteiger partial charge in [0.1, 0.15) is 0 Å². The quantitative estimate of drug-likeness (QED) is 0.838. The molecule has 0 aromatic carbocycles. The maximum Gasteiger partial charge on any atom is 0.234 e. The average Bonchev–Trinajstić information content (AvgIpc) is 2.62. The summed E-state index contributed by atoms with van der Waals surface area (Å²) >= 11 is 0. The van der Waals surface area contributed by atoms with Crippen molar-refractivity contribution in [3.05, 3.63) is 11.3 Å². The van der Waals surface area contributed by atoms with E-state index in [2.05, 4.69) is 15.8 Å². The lowest BCUT2D eigenvalue weighted by Crippen LogP contribution is -2.32. The zero-order valence-corrected chi connectivity index (χ0v) is 10.4. The van der Waals surface area contributed by atoms with Crippen LogP contribution in [0.4, 0.5) is 5.88 Å². The molecular weight excluding hydrogens is 218 g/mol. The topological polar surface area (TPSA) is 67.2 Å². The van der Waals surface area contributed by atoms with E-state index in [-0.39, 0.29) is 5.91 Å². The Morgan fingerprint density at radius 3 is 3.00 bits per heavy atom. The Balaban J connectivity index is 1.86. The third-order valence-electron chi connectivity index (χ3n) is 3.28. The first-order valence-corrected chi connectivity index (χ1v) is 6.10. The van der Waals surface area contributed by atoms with Gasteiger partial charge in [-0.05, 0) is 45.7 Å². The molecule has 5 nitrogen and oxygen atoms in total. The van der Waals surface area contributed by atoms with Crippen LogP contribution in [0, 0.1) is 19.8 Å². The van der Waals surface area contributed by atoms with E-state index in [0.29, 0.717) is 18.2 Å². The summed E-state index contributed by atoms with van der Waals surface area (Å²) in [6.45, 7) is 5.75. The molecule has 1 unspecified atom stereocenters. The van der Waals surface area contributed by atoms with Gasteiger partial charge in [-0.3, -0.25) is 10.1 Å². The third-order valence-corrected chi connectivity index (χ3v) is 3.28. The first kappa shape index (κ1) is 12.1. The normalized spacial score (nSPS) is 20.2. The van der Waals surface area contributed by atoms with Crippen molar-refractivity contribution >= 4 is 11.8 Å². The number of amides is 1. The fourth-order valence-corrected chi connectivity index (χ4v) is 2.07. The van der Waals surface area contributed by atoms with E-state index in [4.69, 9.17) is 4.52 Å². The molecule has 1 aromatic rings. The highest BCUT2D eigenvalue weighted by Crippen LogP contribution is 2.19. The van der Waals surface area contributed by atoms with Crippen molar-refractivity contribution in [3.8, 4) is 0 Å². The van der Waals surface area contributed by atoms with E-state index in [1.807, 2.05) is 13.8 Å². The molecule has 0 radical (unpaired) electrons. The van der Waals surface area contributed by atoms with Crippen molar-refractivity contribution in [1.82, 2.24) is 10.5 Å². The molecule has 1 aliphatic rings. The molecule has 0 bridgehead atoms. The lowest BCUT2D eigenvalue weighted by atomic mass is 9.96. The number of aryl methyl sites for hydroxylation is 1. The second-order valence-corrected chi connectivity index (χ2v) is 4.69. The van der Waals surface area contributed by atoms with Crippen LogP contribution >= 0.6 is 0 Å². The van der Waals surface area contributed by atoms with E-state index in [0.717, 1.165) is 37.2 Å². The summed E-state index contributed by atoms with van der Waals surface area (Å²) < 4.78 is 5.06. The standard InChI is InChI=1S/C12H19N3O2/c1-8-9(2)15-17-12(8)14-11(16)6-10-4-3-5-13-7-10/h10,13H,3-7H2,1-2H3,(H,14,16). The van der Waals surface area contributed by atoms with Crippen molar-refractivity contribution in [3.63, 3.8) is 0 Å². The summed E-state index contributed by atoms with van der Waals surface area (Å²) in [5, 5.41) is 9.90. The maximum absolute atomic E-state index is 11.8. The minimum absolute atomic E-state index is 0.0120. The van der Waals surface area contributed by atoms with E-state index in [1.54, 1.807) is 0 Å². The fourth-order valence-electron chi connectivity index (χ4n) is 2.07.